The molecule has 1 aromatic carbocycles. The lowest BCUT2D eigenvalue weighted by Crippen LogP contribution is -2.70. The van der Waals surface area contributed by atoms with Gasteiger partial charge in [0.2, 0.25) is 12.1 Å². The summed E-state index contributed by atoms with van der Waals surface area (Å²) in [6.07, 6.45) is 22.1. The Bertz CT molecular complexity index is 1920. The van der Waals surface area contributed by atoms with Crippen LogP contribution >= 0.6 is 0 Å². The van der Waals surface area contributed by atoms with Crippen molar-refractivity contribution in [2.24, 2.45) is 22.9 Å². The number of fused-ring (bicyclic) bond motifs is 2. The smallest absolute Gasteiger partial charge is 0.410 e. The van der Waals surface area contributed by atoms with Gasteiger partial charge in [0, 0.05) is 49.8 Å². The van der Waals surface area contributed by atoms with E-state index in [0.29, 0.717) is 43.1 Å². The highest BCUT2D eigenvalue weighted by atomic mass is 16.8. The molecule has 0 radical (unpaired) electrons. The highest BCUT2D eigenvalue weighted by molar-refractivity contribution is 6.03. The molecule has 3 N–H and O–H groups in total. The summed E-state index contributed by atoms with van der Waals surface area (Å²) in [5.74, 6) is -0.816. The standard InChI is InChI=1S/C56H85N3O11/c1-4-6-7-8-9-10-11-12-13-19-35-66-55(63)59(29-36-64-37-32-62)51-40-49(58-70-52-26-16-20-34-65-52)47-38-43(23-14-17-30-60)46(25-15-18-31-61)53-48-39-45(67-41-44-24-21-22-42(3)57-44)27-28-50(48)69-56(51,54(47)53)68-33-5-2/h5,21-22,24,27-28,38-39,43,46,51-54,60-62H,2,4,6-20,23,25-26,29-37,40-41H2,1,3H3. The molecule has 14 heteroatoms. The molecular weight excluding hydrogens is 891 g/mol. The van der Waals surface area contributed by atoms with Gasteiger partial charge in [-0.25, -0.2) is 4.79 Å². The van der Waals surface area contributed by atoms with E-state index in [-0.39, 0.29) is 83.6 Å². The number of oxime groups is 1. The van der Waals surface area contributed by atoms with Gasteiger partial charge in [0.1, 0.15) is 24.1 Å². The number of aromatic nitrogens is 1. The minimum Gasteiger partial charge on any atom is -0.487 e. The van der Waals surface area contributed by atoms with Gasteiger partial charge < -0.3 is 48.6 Å². The Morgan fingerprint density at radius 2 is 1.69 bits per heavy atom. The fourth-order valence-corrected chi connectivity index (χ4v) is 11.0. The van der Waals surface area contributed by atoms with Gasteiger partial charge in [-0.05, 0) is 99.6 Å². The van der Waals surface area contributed by atoms with Crippen LogP contribution in [0.15, 0.2) is 65.9 Å². The van der Waals surface area contributed by atoms with Crippen molar-refractivity contribution in [2.45, 2.75) is 173 Å². The predicted octanol–water partition coefficient (Wildman–Crippen LogP) is 10.5. The summed E-state index contributed by atoms with van der Waals surface area (Å²) in [4.78, 5) is 27.5. The van der Waals surface area contributed by atoms with E-state index in [1.54, 1.807) is 11.0 Å². The number of aliphatic hydroxyl groups excluding tert-OH is 3. The van der Waals surface area contributed by atoms with E-state index in [1.807, 2.05) is 37.3 Å². The number of rotatable bonds is 33. The molecule has 3 heterocycles. The summed E-state index contributed by atoms with van der Waals surface area (Å²) >= 11 is 0. The lowest BCUT2D eigenvalue weighted by atomic mass is 9.55. The van der Waals surface area contributed by atoms with Gasteiger partial charge in [0.15, 0.2) is 0 Å². The maximum Gasteiger partial charge on any atom is 0.410 e. The maximum absolute atomic E-state index is 14.8. The van der Waals surface area contributed by atoms with Crippen LogP contribution in [0.1, 0.15) is 158 Å². The molecule has 2 aliphatic heterocycles. The molecule has 2 aliphatic carbocycles. The van der Waals surface area contributed by atoms with Crippen LogP contribution in [0.25, 0.3) is 0 Å². The zero-order valence-electron chi connectivity index (χ0n) is 42.5. The second-order valence-electron chi connectivity index (χ2n) is 19.6. The zero-order valence-corrected chi connectivity index (χ0v) is 42.5. The van der Waals surface area contributed by atoms with Gasteiger partial charge in [-0.3, -0.25) is 9.88 Å². The molecule has 2 fully saturated rings. The number of aryl methyl sites for hydroxylation is 1. The minimum atomic E-state index is -1.47. The van der Waals surface area contributed by atoms with Crippen molar-refractivity contribution in [2.75, 3.05) is 59.4 Å². The van der Waals surface area contributed by atoms with E-state index in [9.17, 15) is 20.1 Å². The first kappa shape index (κ1) is 55.3. The average molecular weight is 976 g/mol. The van der Waals surface area contributed by atoms with Crippen LogP contribution < -0.4 is 9.47 Å². The summed E-state index contributed by atoms with van der Waals surface area (Å²) in [6.45, 7) is 9.98. The first-order valence-corrected chi connectivity index (χ1v) is 26.9. The van der Waals surface area contributed by atoms with Crippen molar-refractivity contribution in [3.8, 4) is 11.5 Å². The highest BCUT2D eigenvalue weighted by Gasteiger charge is 2.65. The minimum absolute atomic E-state index is 0.0364. The normalized spacial score (nSPS) is 24.2. The number of hydrogen-bond acceptors (Lipinski definition) is 13. The summed E-state index contributed by atoms with van der Waals surface area (Å²) in [5.41, 5.74) is 4.31. The molecular formula is C56H85N3O11. The lowest BCUT2D eigenvalue weighted by molar-refractivity contribution is -0.256. The monoisotopic (exact) mass is 976 g/mol. The maximum atomic E-state index is 14.8. The number of ether oxygens (including phenoxy) is 6. The molecule has 1 amide bonds. The number of aliphatic hydroxyl groups is 3. The van der Waals surface area contributed by atoms with E-state index in [0.717, 1.165) is 80.3 Å². The number of nitrogens with zero attached hydrogens (tertiary/aromatic N) is 3. The molecule has 1 saturated carbocycles. The third-order valence-electron chi connectivity index (χ3n) is 14.4. The van der Waals surface area contributed by atoms with Crippen LogP contribution in [-0.2, 0) is 30.4 Å². The van der Waals surface area contributed by atoms with Gasteiger partial charge in [-0.15, -0.1) is 6.58 Å². The quantitative estimate of drug-likeness (QED) is 0.0352. The second kappa shape index (κ2) is 30.1. The number of pyridine rings is 1. The molecule has 390 valence electrons. The van der Waals surface area contributed by atoms with E-state index < -0.39 is 30.1 Å². The van der Waals surface area contributed by atoms with Crippen LogP contribution in [0.4, 0.5) is 4.79 Å². The van der Waals surface area contributed by atoms with Crippen LogP contribution in [-0.4, -0.2) is 115 Å². The largest absolute Gasteiger partial charge is 0.487 e. The molecule has 70 heavy (non-hydrogen) atoms. The van der Waals surface area contributed by atoms with Gasteiger partial charge >= 0.3 is 6.09 Å². The third kappa shape index (κ3) is 15.5. The third-order valence-corrected chi connectivity index (χ3v) is 14.4. The highest BCUT2D eigenvalue weighted by Crippen LogP contribution is 2.62. The number of carbonyl (C=O) groups excluding carboxylic acids is 1. The Hall–Kier alpha value is -4.05. The molecule has 7 unspecified atom stereocenters. The number of benzene rings is 1. The molecule has 0 spiro atoms. The van der Waals surface area contributed by atoms with Crippen molar-refractivity contribution in [3.05, 3.63) is 77.7 Å². The van der Waals surface area contributed by atoms with Gasteiger partial charge in [0.25, 0.3) is 0 Å². The summed E-state index contributed by atoms with van der Waals surface area (Å²) in [5, 5.41) is 34.7. The molecule has 1 saturated heterocycles. The first-order chi connectivity index (χ1) is 34.4. The molecule has 0 bridgehead atoms. The zero-order chi connectivity index (χ0) is 49.4. The Labute approximate surface area is 418 Å². The molecule has 2 aromatic rings. The molecule has 1 aromatic heterocycles. The Kier molecular flexibility index (Phi) is 23.8. The number of hydrogen-bond donors (Lipinski definition) is 3. The lowest BCUT2D eigenvalue weighted by Gasteiger charge is -2.59. The number of unbranched alkanes of at least 4 members (excludes halogenated alkanes) is 11. The summed E-state index contributed by atoms with van der Waals surface area (Å²) in [6, 6.07) is 11.1. The van der Waals surface area contributed by atoms with Crippen LogP contribution in [0.2, 0.25) is 0 Å². The Morgan fingerprint density at radius 3 is 2.40 bits per heavy atom. The van der Waals surface area contributed by atoms with Gasteiger partial charge in [-0.2, -0.15) is 0 Å². The van der Waals surface area contributed by atoms with E-state index in [4.69, 9.17) is 38.4 Å². The second-order valence-corrected chi connectivity index (χ2v) is 19.6. The fraction of sp³-hybridized carbons (Fsp3) is 0.696. The van der Waals surface area contributed by atoms with E-state index >= 15 is 0 Å². The summed E-state index contributed by atoms with van der Waals surface area (Å²) < 4.78 is 39.2. The Morgan fingerprint density at radius 1 is 0.914 bits per heavy atom. The van der Waals surface area contributed by atoms with Crippen molar-refractivity contribution >= 4 is 11.8 Å². The van der Waals surface area contributed by atoms with Crippen molar-refractivity contribution in [1.82, 2.24) is 9.88 Å². The van der Waals surface area contributed by atoms with Crippen molar-refractivity contribution in [3.63, 3.8) is 0 Å². The Balaban J connectivity index is 1.43. The van der Waals surface area contributed by atoms with E-state index in [2.05, 4.69) is 30.6 Å². The molecule has 7 atom stereocenters. The SMILES string of the molecule is C=CCOC12Oc3ccc(OCc4cccc(C)n4)cc3C3C(CCCCO)C(CCCCO)C=C(C(=NOC4CCCCO4)CC1N(CCOCCO)C(=O)OCCCCCCCCCCCC)C32. The summed E-state index contributed by atoms with van der Waals surface area (Å²) in [7, 11) is 0. The van der Waals surface area contributed by atoms with Crippen LogP contribution in [0, 0.1) is 24.7 Å². The van der Waals surface area contributed by atoms with Crippen molar-refractivity contribution < 1.29 is 53.4 Å². The van der Waals surface area contributed by atoms with Gasteiger partial charge in [-0.1, -0.05) is 101 Å². The van der Waals surface area contributed by atoms with E-state index in [1.165, 1.54) is 44.9 Å². The topological polar surface area (TPSA) is 171 Å². The van der Waals surface area contributed by atoms with Crippen LogP contribution in [0.5, 0.6) is 11.5 Å². The molecule has 14 nitrogen and oxygen atoms in total. The predicted molar refractivity (Wildman–Crippen MR) is 271 cm³/mol. The van der Waals surface area contributed by atoms with Gasteiger partial charge in [0.05, 0.1) is 57.0 Å². The molecule has 6 rings (SSSR count). The molecule has 4 aliphatic rings. The first-order valence-electron chi connectivity index (χ1n) is 26.9. The number of allylic oxidation sites excluding steroid dienone is 1. The average Bonchev–Trinajstić information content (AvgIpc) is 3.37. The van der Waals surface area contributed by atoms with Crippen LogP contribution in [0.3, 0.4) is 0 Å². The fourth-order valence-electron chi connectivity index (χ4n) is 11.0. The van der Waals surface area contributed by atoms with Crippen molar-refractivity contribution in [1.29, 1.82) is 0 Å². The number of amides is 1. The number of carbonyl (C=O) groups is 1.